The van der Waals surface area contributed by atoms with Crippen LogP contribution < -0.4 is 20.3 Å². The van der Waals surface area contributed by atoms with Crippen LogP contribution >= 0.6 is 11.6 Å². The third-order valence-corrected chi connectivity index (χ3v) is 7.02. The SMILES string of the molecule is COc1cc(C(=O)N2CCCC(OCCNC(C)C)c3cc(Cl)ccc32)ccc1NC(=O)c1ccccc1C. The van der Waals surface area contributed by atoms with Gasteiger partial charge < -0.3 is 25.0 Å². The first-order valence-corrected chi connectivity index (χ1v) is 13.7. The standard InChI is InChI=1S/C31H36ClN3O4/c1-20(2)33-15-17-39-28-10-7-16-35(27-14-12-23(32)19-25(27)28)31(37)22-11-13-26(29(18-22)38-4)34-30(36)24-9-6-5-8-21(24)3/h5-6,8-9,11-14,18-20,28,33H,7,10,15-17H2,1-4H3,(H,34,36). The first kappa shape index (κ1) is 28.6. The Labute approximate surface area is 235 Å². The molecular weight excluding hydrogens is 514 g/mol. The topological polar surface area (TPSA) is 79.9 Å². The molecule has 8 heteroatoms. The highest BCUT2D eigenvalue weighted by atomic mass is 35.5. The molecule has 1 atom stereocenters. The van der Waals surface area contributed by atoms with E-state index in [0.717, 1.165) is 36.2 Å². The number of benzene rings is 3. The quantitative estimate of drug-likeness (QED) is 0.302. The maximum absolute atomic E-state index is 13.8. The second kappa shape index (κ2) is 13.1. The van der Waals surface area contributed by atoms with E-state index in [-0.39, 0.29) is 17.9 Å². The molecule has 0 aromatic heterocycles. The molecule has 0 radical (unpaired) electrons. The van der Waals surface area contributed by atoms with Gasteiger partial charge in [-0.2, -0.15) is 0 Å². The van der Waals surface area contributed by atoms with Gasteiger partial charge in [0.15, 0.2) is 0 Å². The van der Waals surface area contributed by atoms with E-state index < -0.39 is 0 Å². The molecule has 7 nitrogen and oxygen atoms in total. The van der Waals surface area contributed by atoms with Crippen molar-refractivity contribution in [3.05, 3.63) is 87.9 Å². The molecule has 0 saturated heterocycles. The lowest BCUT2D eigenvalue weighted by molar-refractivity contribution is 0.0485. The van der Waals surface area contributed by atoms with E-state index in [0.29, 0.717) is 46.8 Å². The van der Waals surface area contributed by atoms with Crippen LogP contribution in [0.4, 0.5) is 11.4 Å². The van der Waals surface area contributed by atoms with Crippen LogP contribution in [0.2, 0.25) is 5.02 Å². The molecule has 39 heavy (non-hydrogen) atoms. The Morgan fingerprint density at radius 1 is 1.10 bits per heavy atom. The summed E-state index contributed by atoms with van der Waals surface area (Å²) in [6.45, 7) is 7.95. The Bertz CT molecular complexity index is 1330. The third kappa shape index (κ3) is 6.98. The van der Waals surface area contributed by atoms with Gasteiger partial charge in [-0.1, -0.05) is 43.6 Å². The minimum atomic E-state index is -0.238. The molecule has 3 aromatic rings. The third-order valence-electron chi connectivity index (χ3n) is 6.78. The molecule has 0 saturated carbocycles. The molecule has 1 unspecified atom stereocenters. The average Bonchev–Trinajstić information content (AvgIpc) is 3.10. The lowest BCUT2D eigenvalue weighted by Gasteiger charge is -2.25. The lowest BCUT2D eigenvalue weighted by atomic mass is 10.0. The highest BCUT2D eigenvalue weighted by Crippen LogP contribution is 2.38. The van der Waals surface area contributed by atoms with Gasteiger partial charge in [-0.15, -0.1) is 0 Å². The molecule has 0 spiro atoms. The first-order valence-electron chi connectivity index (χ1n) is 13.3. The zero-order valence-corrected chi connectivity index (χ0v) is 23.7. The maximum atomic E-state index is 13.8. The summed E-state index contributed by atoms with van der Waals surface area (Å²) in [7, 11) is 1.52. The van der Waals surface area contributed by atoms with Crippen molar-refractivity contribution in [2.24, 2.45) is 0 Å². The van der Waals surface area contributed by atoms with E-state index in [1.54, 1.807) is 35.2 Å². The first-order chi connectivity index (χ1) is 18.8. The predicted molar refractivity (Wildman–Crippen MR) is 156 cm³/mol. The number of nitrogens with zero attached hydrogens (tertiary/aromatic N) is 1. The summed E-state index contributed by atoms with van der Waals surface area (Å²) in [4.78, 5) is 28.5. The fourth-order valence-electron chi connectivity index (χ4n) is 4.77. The fourth-order valence-corrected chi connectivity index (χ4v) is 4.95. The highest BCUT2D eigenvalue weighted by Gasteiger charge is 2.28. The molecule has 1 aliphatic rings. The molecule has 0 aliphatic carbocycles. The molecule has 2 amide bonds. The summed E-state index contributed by atoms with van der Waals surface area (Å²) in [5, 5.41) is 6.88. The molecule has 3 aromatic carbocycles. The molecule has 1 aliphatic heterocycles. The number of fused-ring (bicyclic) bond motifs is 1. The van der Waals surface area contributed by atoms with Crippen molar-refractivity contribution in [1.29, 1.82) is 0 Å². The maximum Gasteiger partial charge on any atom is 0.258 e. The molecule has 206 valence electrons. The Hall–Kier alpha value is -3.39. The number of hydrogen-bond donors (Lipinski definition) is 2. The van der Waals surface area contributed by atoms with E-state index in [1.807, 2.05) is 37.3 Å². The number of halogens is 1. The van der Waals surface area contributed by atoms with Crippen molar-refractivity contribution in [1.82, 2.24) is 5.32 Å². The fraction of sp³-hybridized carbons (Fsp3) is 0.355. The van der Waals surface area contributed by atoms with Crippen molar-refractivity contribution in [3.63, 3.8) is 0 Å². The Morgan fingerprint density at radius 2 is 1.90 bits per heavy atom. The minimum absolute atomic E-state index is 0.154. The van der Waals surface area contributed by atoms with Crippen LogP contribution in [0.15, 0.2) is 60.7 Å². The van der Waals surface area contributed by atoms with Gasteiger partial charge in [-0.25, -0.2) is 0 Å². The monoisotopic (exact) mass is 549 g/mol. The summed E-state index contributed by atoms with van der Waals surface area (Å²) < 4.78 is 11.8. The minimum Gasteiger partial charge on any atom is -0.495 e. The van der Waals surface area contributed by atoms with E-state index >= 15 is 0 Å². The summed E-state index contributed by atoms with van der Waals surface area (Å²) in [5.74, 6) is 0.0158. The number of aryl methyl sites for hydroxylation is 1. The number of carbonyl (C=O) groups is 2. The van der Waals surface area contributed by atoms with E-state index in [9.17, 15) is 9.59 Å². The number of rotatable bonds is 9. The molecule has 1 heterocycles. The van der Waals surface area contributed by atoms with Gasteiger partial charge in [0.1, 0.15) is 5.75 Å². The number of carbonyl (C=O) groups excluding carboxylic acids is 2. The van der Waals surface area contributed by atoms with Crippen LogP contribution in [-0.4, -0.2) is 44.7 Å². The van der Waals surface area contributed by atoms with Gasteiger partial charge >= 0.3 is 0 Å². The van der Waals surface area contributed by atoms with E-state index in [1.165, 1.54) is 7.11 Å². The summed E-state index contributed by atoms with van der Waals surface area (Å²) in [6, 6.07) is 18.4. The van der Waals surface area contributed by atoms with Crippen LogP contribution in [0, 0.1) is 6.92 Å². The number of anilines is 2. The van der Waals surface area contributed by atoms with Crippen LogP contribution in [0.25, 0.3) is 0 Å². The molecule has 0 fully saturated rings. The normalized spacial score (nSPS) is 15.0. The van der Waals surface area contributed by atoms with Gasteiger partial charge in [0.2, 0.25) is 0 Å². The van der Waals surface area contributed by atoms with E-state index in [2.05, 4.69) is 24.5 Å². The summed E-state index contributed by atoms with van der Waals surface area (Å²) in [5.41, 5.74) is 4.11. The van der Waals surface area contributed by atoms with Crippen molar-refractivity contribution in [2.75, 3.05) is 37.0 Å². The number of ether oxygens (including phenoxy) is 2. The Balaban J connectivity index is 1.56. The largest absolute Gasteiger partial charge is 0.495 e. The van der Waals surface area contributed by atoms with Crippen LogP contribution in [-0.2, 0) is 4.74 Å². The Kier molecular flexibility index (Phi) is 9.62. The molecular formula is C31H36ClN3O4. The number of hydrogen-bond acceptors (Lipinski definition) is 5. The van der Waals surface area contributed by atoms with Gasteiger partial charge in [0, 0.05) is 46.5 Å². The summed E-state index contributed by atoms with van der Waals surface area (Å²) in [6.07, 6.45) is 1.41. The van der Waals surface area contributed by atoms with Crippen LogP contribution in [0.1, 0.15) is 64.6 Å². The molecule has 2 N–H and O–H groups in total. The summed E-state index contributed by atoms with van der Waals surface area (Å²) >= 11 is 6.37. The molecule has 0 bridgehead atoms. The van der Waals surface area contributed by atoms with Crippen molar-refractivity contribution in [2.45, 2.75) is 45.8 Å². The average molecular weight is 550 g/mol. The predicted octanol–water partition coefficient (Wildman–Crippen LogP) is 6.41. The number of nitrogens with one attached hydrogen (secondary N) is 2. The van der Waals surface area contributed by atoms with Crippen molar-refractivity contribution >= 4 is 34.8 Å². The lowest BCUT2D eigenvalue weighted by Crippen LogP contribution is -2.31. The highest BCUT2D eigenvalue weighted by molar-refractivity contribution is 6.30. The van der Waals surface area contributed by atoms with Crippen molar-refractivity contribution in [3.8, 4) is 5.75 Å². The van der Waals surface area contributed by atoms with Gasteiger partial charge in [0.25, 0.3) is 11.8 Å². The van der Waals surface area contributed by atoms with Crippen molar-refractivity contribution < 1.29 is 19.1 Å². The molecule has 4 rings (SSSR count). The van der Waals surface area contributed by atoms with Gasteiger partial charge in [0.05, 0.1) is 25.5 Å². The zero-order chi connectivity index (χ0) is 27.9. The van der Waals surface area contributed by atoms with E-state index in [4.69, 9.17) is 21.1 Å². The second-order valence-electron chi connectivity index (χ2n) is 9.95. The number of amides is 2. The van der Waals surface area contributed by atoms with Gasteiger partial charge in [-0.3, -0.25) is 9.59 Å². The number of methoxy groups -OCH3 is 1. The van der Waals surface area contributed by atoms with Crippen LogP contribution in [0.5, 0.6) is 5.75 Å². The smallest absolute Gasteiger partial charge is 0.258 e. The zero-order valence-electron chi connectivity index (χ0n) is 22.9. The van der Waals surface area contributed by atoms with Crippen LogP contribution in [0.3, 0.4) is 0 Å². The second-order valence-corrected chi connectivity index (χ2v) is 10.4. The Morgan fingerprint density at radius 3 is 2.64 bits per heavy atom. The van der Waals surface area contributed by atoms with Gasteiger partial charge in [-0.05, 0) is 67.8 Å².